The number of nitrogens with zero attached hydrogens (tertiary/aromatic N) is 2. The second-order valence-electron chi connectivity index (χ2n) is 8.63. The Hall–Kier alpha value is -2.42. The first kappa shape index (κ1) is 20.8. The zero-order valence-electron chi connectivity index (χ0n) is 17.8. The summed E-state index contributed by atoms with van der Waals surface area (Å²) in [6.07, 6.45) is 4.78. The maximum absolute atomic E-state index is 13.2. The molecule has 1 fully saturated rings. The Kier molecular flexibility index (Phi) is 4.72. The predicted molar refractivity (Wildman–Crippen MR) is 119 cm³/mol. The monoisotopic (exact) mass is 424 g/mol. The first-order valence-corrected chi connectivity index (χ1v) is 11.2. The second kappa shape index (κ2) is 6.80. The van der Waals surface area contributed by atoms with Gasteiger partial charge in [-0.2, -0.15) is 0 Å². The summed E-state index contributed by atoms with van der Waals surface area (Å²) < 4.78 is 39.9. The lowest BCUT2D eigenvalue weighted by atomic mass is 9.80. The summed E-state index contributed by atoms with van der Waals surface area (Å²) in [4.78, 5) is 4.68. The van der Waals surface area contributed by atoms with Gasteiger partial charge in [0.25, 0.3) is 10.0 Å². The van der Waals surface area contributed by atoms with Crippen molar-refractivity contribution in [1.82, 2.24) is 8.96 Å². The van der Waals surface area contributed by atoms with Crippen LogP contribution >= 0.6 is 0 Å². The molecule has 1 saturated heterocycles. The van der Waals surface area contributed by atoms with Crippen LogP contribution in [0.15, 0.2) is 54.2 Å². The van der Waals surface area contributed by atoms with Crippen LogP contribution in [-0.2, 0) is 19.3 Å². The molecule has 156 valence electrons. The van der Waals surface area contributed by atoms with Gasteiger partial charge in [0.1, 0.15) is 0 Å². The van der Waals surface area contributed by atoms with Crippen molar-refractivity contribution in [3.63, 3.8) is 0 Å². The topological polar surface area (TPSA) is 70.4 Å². The molecule has 3 aromatic rings. The first-order chi connectivity index (χ1) is 14.0. The van der Waals surface area contributed by atoms with E-state index in [0.29, 0.717) is 16.6 Å². The van der Waals surface area contributed by atoms with Crippen molar-refractivity contribution in [3.8, 4) is 0 Å². The van der Waals surface area contributed by atoms with Crippen molar-refractivity contribution in [1.29, 1.82) is 0 Å². The van der Waals surface area contributed by atoms with Crippen molar-refractivity contribution in [2.45, 2.75) is 50.7 Å². The summed E-state index contributed by atoms with van der Waals surface area (Å²) in [6.45, 7) is 13.7. The van der Waals surface area contributed by atoms with Crippen molar-refractivity contribution in [3.05, 3.63) is 60.4 Å². The van der Waals surface area contributed by atoms with Gasteiger partial charge in [0, 0.05) is 28.8 Å². The van der Waals surface area contributed by atoms with E-state index in [1.54, 1.807) is 42.7 Å². The molecular formula is C22H25BN2O4S. The van der Waals surface area contributed by atoms with Gasteiger partial charge in [-0.15, -0.1) is 0 Å². The molecule has 0 radical (unpaired) electrons. The zero-order chi connectivity index (χ0) is 21.9. The fourth-order valence-corrected chi connectivity index (χ4v) is 4.73. The van der Waals surface area contributed by atoms with E-state index in [1.807, 2.05) is 40.7 Å². The molecule has 2 aromatic heterocycles. The van der Waals surface area contributed by atoms with E-state index in [0.717, 1.165) is 11.0 Å². The molecule has 8 heteroatoms. The van der Waals surface area contributed by atoms with Crippen molar-refractivity contribution >= 4 is 39.7 Å². The number of aryl methyl sites for hydroxylation is 1. The third-order valence-electron chi connectivity index (χ3n) is 5.99. The summed E-state index contributed by atoms with van der Waals surface area (Å²) in [5.74, 6) is 0. The molecule has 0 amide bonds. The molecule has 1 aliphatic rings. The van der Waals surface area contributed by atoms with E-state index in [2.05, 4.69) is 11.6 Å². The molecular weight excluding hydrogens is 399 g/mol. The Balaban J connectivity index is 1.82. The summed E-state index contributed by atoms with van der Waals surface area (Å²) in [6, 6.07) is 8.61. The van der Waals surface area contributed by atoms with Gasteiger partial charge in [0.05, 0.1) is 16.1 Å². The number of pyridine rings is 1. The molecule has 1 aromatic carbocycles. The van der Waals surface area contributed by atoms with Crippen LogP contribution in [0.5, 0.6) is 0 Å². The number of hydrogen-bond acceptors (Lipinski definition) is 5. The third-order valence-corrected chi connectivity index (χ3v) is 7.65. The van der Waals surface area contributed by atoms with Crippen LogP contribution < -0.4 is 5.46 Å². The highest BCUT2D eigenvalue weighted by Crippen LogP contribution is 2.36. The highest BCUT2D eigenvalue weighted by molar-refractivity contribution is 7.90. The SMILES string of the molecule is C=Cc1cn(S(=O)(=O)c2ccc(C)cc2)c2ncc(B3OC(C)(C)C(C)(C)O3)cc12. The molecule has 4 rings (SSSR count). The van der Waals surface area contributed by atoms with Crippen LogP contribution in [0.25, 0.3) is 17.1 Å². The molecule has 0 aliphatic carbocycles. The predicted octanol–water partition coefficient (Wildman–Crippen LogP) is 3.52. The van der Waals surface area contributed by atoms with Crippen LogP contribution in [0.3, 0.4) is 0 Å². The number of aromatic nitrogens is 2. The third kappa shape index (κ3) is 3.19. The lowest BCUT2D eigenvalue weighted by Crippen LogP contribution is -2.41. The van der Waals surface area contributed by atoms with E-state index in [-0.39, 0.29) is 4.90 Å². The van der Waals surface area contributed by atoms with Gasteiger partial charge in [-0.1, -0.05) is 30.4 Å². The van der Waals surface area contributed by atoms with Crippen LogP contribution in [0.1, 0.15) is 38.8 Å². The van der Waals surface area contributed by atoms with Crippen molar-refractivity contribution in [2.24, 2.45) is 0 Å². The van der Waals surface area contributed by atoms with E-state index in [4.69, 9.17) is 9.31 Å². The minimum atomic E-state index is -3.80. The zero-order valence-corrected chi connectivity index (χ0v) is 18.7. The lowest BCUT2D eigenvalue weighted by Gasteiger charge is -2.32. The molecule has 1 aliphatic heterocycles. The molecule has 0 atom stereocenters. The highest BCUT2D eigenvalue weighted by Gasteiger charge is 2.51. The van der Waals surface area contributed by atoms with Gasteiger partial charge in [0.15, 0.2) is 5.65 Å². The van der Waals surface area contributed by atoms with E-state index in [1.165, 1.54) is 3.97 Å². The first-order valence-electron chi connectivity index (χ1n) is 9.77. The van der Waals surface area contributed by atoms with Gasteiger partial charge in [-0.05, 0) is 52.8 Å². The van der Waals surface area contributed by atoms with Gasteiger partial charge in [-0.3, -0.25) is 0 Å². The molecule has 0 saturated carbocycles. The molecule has 30 heavy (non-hydrogen) atoms. The Bertz CT molecular complexity index is 1230. The fourth-order valence-electron chi connectivity index (χ4n) is 3.40. The summed E-state index contributed by atoms with van der Waals surface area (Å²) in [5.41, 5.74) is 1.78. The fraction of sp³-hybridized carbons (Fsp3) is 0.318. The Morgan fingerprint density at radius 3 is 2.27 bits per heavy atom. The van der Waals surface area contributed by atoms with Crippen LogP contribution in [0.2, 0.25) is 0 Å². The van der Waals surface area contributed by atoms with E-state index >= 15 is 0 Å². The quantitative estimate of drug-likeness (QED) is 0.600. The van der Waals surface area contributed by atoms with Gasteiger partial charge < -0.3 is 9.31 Å². The molecule has 3 heterocycles. The van der Waals surface area contributed by atoms with Crippen molar-refractivity contribution < 1.29 is 17.7 Å². The molecule has 0 spiro atoms. The minimum absolute atomic E-state index is 0.206. The van der Waals surface area contributed by atoms with Gasteiger partial charge in [-0.25, -0.2) is 17.4 Å². The second-order valence-corrected chi connectivity index (χ2v) is 10.4. The summed E-state index contributed by atoms with van der Waals surface area (Å²) in [5, 5.41) is 0.674. The Morgan fingerprint density at radius 2 is 1.70 bits per heavy atom. The van der Waals surface area contributed by atoms with E-state index < -0.39 is 28.3 Å². The van der Waals surface area contributed by atoms with Gasteiger partial charge in [0.2, 0.25) is 0 Å². The number of rotatable bonds is 4. The average molecular weight is 424 g/mol. The van der Waals surface area contributed by atoms with Crippen LogP contribution in [0.4, 0.5) is 0 Å². The molecule has 0 unspecified atom stereocenters. The standard InChI is InChI=1S/C22H25BN2O4S/c1-7-16-14-25(30(26,27)18-10-8-15(2)9-11-18)20-19(16)12-17(13-24-20)23-28-21(3,4)22(5,6)29-23/h7-14H,1H2,2-6H3. The van der Waals surface area contributed by atoms with Gasteiger partial charge >= 0.3 is 7.12 Å². The Morgan fingerprint density at radius 1 is 1.10 bits per heavy atom. The maximum atomic E-state index is 13.2. The molecule has 6 nitrogen and oxygen atoms in total. The van der Waals surface area contributed by atoms with Crippen LogP contribution in [-0.4, -0.2) is 35.7 Å². The van der Waals surface area contributed by atoms with Crippen molar-refractivity contribution in [2.75, 3.05) is 0 Å². The number of benzene rings is 1. The maximum Gasteiger partial charge on any atom is 0.496 e. The summed E-state index contributed by atoms with van der Waals surface area (Å²) >= 11 is 0. The largest absolute Gasteiger partial charge is 0.496 e. The number of fused-ring (bicyclic) bond motifs is 1. The molecule has 0 bridgehead atoms. The van der Waals surface area contributed by atoms with Crippen LogP contribution in [0, 0.1) is 6.92 Å². The van der Waals surface area contributed by atoms with E-state index in [9.17, 15) is 8.42 Å². The highest BCUT2D eigenvalue weighted by atomic mass is 32.2. The number of hydrogen-bond donors (Lipinski definition) is 0. The summed E-state index contributed by atoms with van der Waals surface area (Å²) in [7, 11) is -4.38. The minimum Gasteiger partial charge on any atom is -0.399 e. The lowest BCUT2D eigenvalue weighted by molar-refractivity contribution is 0.00578. The molecule has 0 N–H and O–H groups in total. The normalized spacial score (nSPS) is 18.1. The Labute approximate surface area is 177 Å². The average Bonchev–Trinajstić information content (AvgIpc) is 3.15. The smallest absolute Gasteiger partial charge is 0.399 e.